The number of anilines is 1. The molecule has 0 aliphatic heterocycles. The van der Waals surface area contributed by atoms with Gasteiger partial charge in [-0.1, -0.05) is 44.2 Å². The Morgan fingerprint density at radius 3 is 2.33 bits per heavy atom. The largest absolute Gasteiger partial charge is 0.444 e. The number of benzene rings is 3. The minimum atomic E-state index is -0.816. The number of hydrogen-bond donors (Lipinski definition) is 5. The molecule has 1 aliphatic carbocycles. The van der Waals surface area contributed by atoms with Crippen LogP contribution in [0.2, 0.25) is 0 Å². The Bertz CT molecular complexity index is 1920. The van der Waals surface area contributed by atoms with Gasteiger partial charge in [0, 0.05) is 48.6 Å². The molecule has 5 rings (SSSR count). The average Bonchev–Trinajstić information content (AvgIpc) is 3.63. The topological polar surface area (TPSA) is 158 Å². The Morgan fingerprint density at radius 2 is 1.65 bits per heavy atom. The van der Waals surface area contributed by atoms with E-state index in [1.807, 2.05) is 88.4 Å². The second-order valence-electron chi connectivity index (χ2n) is 15.5. The Balaban J connectivity index is 1.23. The molecule has 4 aromatic rings. The molecule has 1 fully saturated rings. The molecule has 1 aromatic heterocycles. The Morgan fingerprint density at radius 1 is 0.927 bits per heavy atom. The van der Waals surface area contributed by atoms with Crippen molar-refractivity contribution in [2.75, 3.05) is 38.0 Å². The summed E-state index contributed by atoms with van der Waals surface area (Å²) in [6.07, 6.45) is 4.50. The Labute approximate surface area is 324 Å². The third kappa shape index (κ3) is 11.9. The molecule has 3 aromatic carbocycles. The lowest BCUT2D eigenvalue weighted by Gasteiger charge is -2.29. The standard InChI is InChI=1S/C43H57N7O5/c1-7-50(8-2)22-21-44-39(51)33-18-20-36(28(3)23-33)31-13-9-29(10-14-31)24-38(41(53)47-35-19-17-34-27-46-49-37(34)25-35)48-40(52)32-15-11-30(12-16-32)26-45-42(54)55-43(4,5)6/h9-10,13-14,17-20,23,25,27,30,32,38H,7-8,11-12,15-16,21-22,24,26H2,1-6H3,(H,44,51)(H,45,54)(H,46,49)(H,47,53)(H,48,52)/t30?,32?,38-/m0/s1. The molecule has 1 heterocycles. The van der Waals surface area contributed by atoms with Gasteiger partial charge in [-0.05, 0) is 125 Å². The highest BCUT2D eigenvalue weighted by molar-refractivity contribution is 5.99. The first-order valence-corrected chi connectivity index (χ1v) is 19.5. The second kappa shape index (κ2) is 18.9. The number of nitrogens with zero attached hydrogens (tertiary/aromatic N) is 2. The molecular formula is C43H57N7O5. The summed E-state index contributed by atoms with van der Waals surface area (Å²) in [6, 6.07) is 18.4. The van der Waals surface area contributed by atoms with E-state index in [0.717, 1.165) is 65.6 Å². The van der Waals surface area contributed by atoms with E-state index < -0.39 is 17.7 Å². The first kappa shape index (κ1) is 40.9. The fourth-order valence-corrected chi connectivity index (χ4v) is 7.07. The van der Waals surface area contributed by atoms with E-state index in [1.54, 1.807) is 6.20 Å². The van der Waals surface area contributed by atoms with Crippen LogP contribution < -0.4 is 21.3 Å². The van der Waals surface area contributed by atoms with Crippen LogP contribution in [-0.4, -0.2) is 83.3 Å². The highest BCUT2D eigenvalue weighted by atomic mass is 16.6. The molecular weight excluding hydrogens is 695 g/mol. The van der Waals surface area contributed by atoms with Gasteiger partial charge in [0.2, 0.25) is 11.8 Å². The number of aromatic nitrogens is 2. The molecule has 1 aliphatic rings. The first-order chi connectivity index (χ1) is 26.3. The van der Waals surface area contributed by atoms with Gasteiger partial charge in [-0.15, -0.1) is 0 Å². The summed E-state index contributed by atoms with van der Waals surface area (Å²) >= 11 is 0. The average molecular weight is 752 g/mol. The number of nitrogens with one attached hydrogen (secondary N) is 5. The van der Waals surface area contributed by atoms with Crippen molar-refractivity contribution in [3.05, 3.63) is 83.6 Å². The molecule has 12 nitrogen and oxygen atoms in total. The molecule has 4 amide bonds. The van der Waals surface area contributed by atoms with Crippen molar-refractivity contribution in [2.24, 2.45) is 11.8 Å². The number of aryl methyl sites for hydroxylation is 1. The number of carbonyl (C=O) groups excluding carboxylic acids is 4. The number of carbonyl (C=O) groups is 4. The molecule has 0 saturated heterocycles. The van der Waals surface area contributed by atoms with Crippen LogP contribution in [0, 0.1) is 18.8 Å². The summed E-state index contributed by atoms with van der Waals surface area (Å²) in [4.78, 5) is 54.7. The third-order valence-corrected chi connectivity index (χ3v) is 10.3. The summed E-state index contributed by atoms with van der Waals surface area (Å²) in [7, 11) is 0. The maximum absolute atomic E-state index is 13.8. The normalized spacial score (nSPS) is 16.3. The number of H-pyrrole nitrogens is 1. The van der Waals surface area contributed by atoms with Gasteiger partial charge in [0.05, 0.1) is 11.7 Å². The van der Waals surface area contributed by atoms with Crippen molar-refractivity contribution in [3.8, 4) is 11.1 Å². The van der Waals surface area contributed by atoms with Crippen LogP contribution in [0.3, 0.4) is 0 Å². The Kier molecular flexibility index (Phi) is 14.1. The van der Waals surface area contributed by atoms with Crippen LogP contribution in [0.25, 0.3) is 22.0 Å². The van der Waals surface area contributed by atoms with Gasteiger partial charge >= 0.3 is 6.09 Å². The number of amides is 4. The molecule has 55 heavy (non-hydrogen) atoms. The van der Waals surface area contributed by atoms with Gasteiger partial charge < -0.3 is 30.9 Å². The summed E-state index contributed by atoms with van der Waals surface area (Å²) in [6.45, 7) is 15.5. The van der Waals surface area contributed by atoms with E-state index in [0.29, 0.717) is 43.6 Å². The molecule has 0 bridgehead atoms. The maximum Gasteiger partial charge on any atom is 0.407 e. The van der Waals surface area contributed by atoms with Gasteiger partial charge in [-0.25, -0.2) is 4.79 Å². The molecule has 1 atom stereocenters. The lowest BCUT2D eigenvalue weighted by atomic mass is 9.81. The van der Waals surface area contributed by atoms with Gasteiger partial charge in [-0.2, -0.15) is 5.10 Å². The summed E-state index contributed by atoms with van der Waals surface area (Å²) in [5, 5.41) is 19.9. The zero-order valence-corrected chi connectivity index (χ0v) is 33.1. The SMILES string of the molecule is CCN(CC)CCNC(=O)c1ccc(-c2ccc(C[C@H](NC(=O)C3CCC(CNC(=O)OC(C)(C)C)CC3)C(=O)Nc3ccc4cn[nH]c4c3)cc2)c(C)c1. The van der Waals surface area contributed by atoms with Crippen LogP contribution in [0.4, 0.5) is 10.5 Å². The zero-order valence-electron chi connectivity index (χ0n) is 33.1. The van der Waals surface area contributed by atoms with Crippen LogP contribution >= 0.6 is 0 Å². The van der Waals surface area contributed by atoms with Crippen molar-refractivity contribution in [2.45, 2.75) is 85.3 Å². The van der Waals surface area contributed by atoms with Crippen molar-refractivity contribution in [1.82, 2.24) is 31.0 Å². The fraction of sp³-hybridized carbons (Fsp3) is 0.465. The van der Waals surface area contributed by atoms with Crippen LogP contribution in [-0.2, 0) is 20.7 Å². The van der Waals surface area contributed by atoms with E-state index in [4.69, 9.17) is 4.74 Å². The van der Waals surface area contributed by atoms with Crippen molar-refractivity contribution in [1.29, 1.82) is 0 Å². The molecule has 12 heteroatoms. The second-order valence-corrected chi connectivity index (χ2v) is 15.5. The van der Waals surface area contributed by atoms with Gasteiger partial charge in [0.1, 0.15) is 11.6 Å². The van der Waals surface area contributed by atoms with Crippen molar-refractivity contribution < 1.29 is 23.9 Å². The monoisotopic (exact) mass is 751 g/mol. The molecule has 1 saturated carbocycles. The minimum Gasteiger partial charge on any atom is -0.444 e. The molecule has 0 unspecified atom stereocenters. The van der Waals surface area contributed by atoms with Crippen molar-refractivity contribution >= 4 is 40.4 Å². The Hall–Kier alpha value is -5.23. The zero-order chi connectivity index (χ0) is 39.5. The predicted octanol–water partition coefficient (Wildman–Crippen LogP) is 6.61. The van der Waals surface area contributed by atoms with Crippen LogP contribution in [0.15, 0.2) is 66.9 Å². The summed E-state index contributed by atoms with van der Waals surface area (Å²) in [5.74, 6) is -0.518. The smallest absolute Gasteiger partial charge is 0.407 e. The van der Waals surface area contributed by atoms with Crippen molar-refractivity contribution in [3.63, 3.8) is 0 Å². The fourth-order valence-electron chi connectivity index (χ4n) is 7.07. The van der Waals surface area contributed by atoms with E-state index >= 15 is 0 Å². The summed E-state index contributed by atoms with van der Waals surface area (Å²) in [5.41, 5.74) is 5.35. The lowest BCUT2D eigenvalue weighted by molar-refractivity contribution is -0.130. The number of fused-ring (bicyclic) bond motifs is 1. The van der Waals surface area contributed by atoms with E-state index in [2.05, 4.69) is 50.2 Å². The number of alkyl carbamates (subject to hydrolysis) is 1. The van der Waals surface area contributed by atoms with E-state index in [-0.39, 0.29) is 29.6 Å². The minimum absolute atomic E-state index is 0.0868. The number of hydrogen-bond acceptors (Lipinski definition) is 7. The van der Waals surface area contributed by atoms with Gasteiger partial charge in [0.15, 0.2) is 0 Å². The van der Waals surface area contributed by atoms with Crippen LogP contribution in [0.1, 0.15) is 81.8 Å². The number of rotatable bonds is 15. The molecule has 294 valence electrons. The first-order valence-electron chi connectivity index (χ1n) is 19.5. The lowest BCUT2D eigenvalue weighted by Crippen LogP contribution is -2.48. The number of aromatic amines is 1. The predicted molar refractivity (Wildman–Crippen MR) is 217 cm³/mol. The third-order valence-electron chi connectivity index (χ3n) is 10.3. The maximum atomic E-state index is 13.8. The highest BCUT2D eigenvalue weighted by Gasteiger charge is 2.30. The quantitative estimate of drug-likeness (QED) is 0.0916. The van der Waals surface area contributed by atoms with E-state index in [1.165, 1.54) is 0 Å². The van der Waals surface area contributed by atoms with Gasteiger partial charge in [-0.3, -0.25) is 19.5 Å². The number of ether oxygens (including phenoxy) is 1. The summed E-state index contributed by atoms with van der Waals surface area (Å²) < 4.78 is 5.36. The number of likely N-dealkylation sites (N-methyl/N-ethyl adjacent to an activating group) is 1. The van der Waals surface area contributed by atoms with Crippen LogP contribution in [0.5, 0.6) is 0 Å². The molecule has 0 radical (unpaired) electrons. The van der Waals surface area contributed by atoms with E-state index in [9.17, 15) is 19.2 Å². The van der Waals surface area contributed by atoms with Gasteiger partial charge in [0.25, 0.3) is 5.91 Å². The molecule has 5 N–H and O–H groups in total. The highest BCUT2D eigenvalue weighted by Crippen LogP contribution is 2.29. The molecule has 0 spiro atoms.